The largest absolute Gasteiger partial charge is 0.480 e. The summed E-state index contributed by atoms with van der Waals surface area (Å²) in [7, 11) is 0. The minimum Gasteiger partial charge on any atom is -0.480 e. The molecule has 0 saturated carbocycles. The predicted molar refractivity (Wildman–Crippen MR) is 74.4 cm³/mol. The summed E-state index contributed by atoms with van der Waals surface area (Å²) in [5.41, 5.74) is -0.730. The maximum atomic E-state index is 11.5. The van der Waals surface area contributed by atoms with Crippen LogP contribution in [0.5, 0.6) is 0 Å². The number of halogens is 2. The van der Waals surface area contributed by atoms with Gasteiger partial charge in [-0.25, -0.2) is 0 Å². The Balaban J connectivity index is 2.19. The predicted octanol–water partition coefficient (Wildman–Crippen LogP) is 3.63. The van der Waals surface area contributed by atoms with Gasteiger partial charge in [0.15, 0.2) is 4.67 Å². The topological polar surface area (TPSA) is 53.7 Å². The van der Waals surface area contributed by atoms with Crippen molar-refractivity contribution in [1.29, 1.82) is 0 Å². The van der Waals surface area contributed by atoms with Gasteiger partial charge in [0.05, 0.1) is 11.0 Å². The molecule has 0 radical (unpaired) electrons. The molecule has 18 heavy (non-hydrogen) atoms. The molecule has 0 aromatic carbocycles. The molecular formula is C12H15Br2NO3. The van der Waals surface area contributed by atoms with Crippen LogP contribution in [0.3, 0.4) is 0 Å². The van der Waals surface area contributed by atoms with Crippen molar-refractivity contribution in [1.82, 2.24) is 4.90 Å². The van der Waals surface area contributed by atoms with Gasteiger partial charge in [-0.3, -0.25) is 9.69 Å². The summed E-state index contributed by atoms with van der Waals surface area (Å²) in [6.07, 6.45) is 2.25. The molecule has 1 aliphatic rings. The molecule has 1 N–H and O–H groups in total. The molecule has 0 spiro atoms. The maximum Gasteiger partial charge on any atom is 0.324 e. The standard InChI is InChI=1S/C12H15Br2NO3/c1-2-12(11(16)17)4-3-5-15(12)7-8-6-9(13)10(14)18-8/h6H,2-5,7H2,1H3,(H,16,17). The van der Waals surface area contributed by atoms with E-state index in [4.69, 9.17) is 4.42 Å². The molecule has 4 nitrogen and oxygen atoms in total. The molecular weight excluding hydrogens is 366 g/mol. The van der Waals surface area contributed by atoms with E-state index in [1.807, 2.05) is 17.9 Å². The lowest BCUT2D eigenvalue weighted by Gasteiger charge is -2.33. The van der Waals surface area contributed by atoms with Crippen molar-refractivity contribution in [2.24, 2.45) is 0 Å². The summed E-state index contributed by atoms with van der Waals surface area (Å²) in [6, 6.07) is 1.88. The third kappa shape index (κ3) is 2.38. The fourth-order valence-electron chi connectivity index (χ4n) is 2.62. The summed E-state index contributed by atoms with van der Waals surface area (Å²) in [4.78, 5) is 13.5. The van der Waals surface area contributed by atoms with Gasteiger partial charge in [-0.15, -0.1) is 0 Å². The molecule has 6 heteroatoms. The van der Waals surface area contributed by atoms with Crippen LogP contribution in [0.2, 0.25) is 0 Å². The highest BCUT2D eigenvalue weighted by molar-refractivity contribution is 9.13. The number of hydrogen-bond acceptors (Lipinski definition) is 3. The van der Waals surface area contributed by atoms with Crippen LogP contribution < -0.4 is 0 Å². The number of nitrogens with zero attached hydrogens (tertiary/aromatic N) is 1. The molecule has 1 fully saturated rings. The van der Waals surface area contributed by atoms with Gasteiger partial charge in [-0.1, -0.05) is 6.92 Å². The van der Waals surface area contributed by atoms with E-state index >= 15 is 0 Å². The number of carbonyl (C=O) groups is 1. The van der Waals surface area contributed by atoms with Crippen molar-refractivity contribution in [3.8, 4) is 0 Å². The first-order valence-corrected chi connectivity index (χ1v) is 7.50. The van der Waals surface area contributed by atoms with E-state index in [1.54, 1.807) is 0 Å². The van der Waals surface area contributed by atoms with Gasteiger partial charge < -0.3 is 9.52 Å². The fourth-order valence-corrected chi connectivity index (χ4v) is 3.27. The van der Waals surface area contributed by atoms with Crippen LogP contribution in [0.25, 0.3) is 0 Å². The Kier molecular flexibility index (Phi) is 4.18. The molecule has 2 heterocycles. The highest BCUT2D eigenvalue weighted by Gasteiger charge is 2.46. The highest BCUT2D eigenvalue weighted by Crippen LogP contribution is 2.35. The van der Waals surface area contributed by atoms with Gasteiger partial charge in [0.1, 0.15) is 11.3 Å². The van der Waals surface area contributed by atoms with E-state index in [1.165, 1.54) is 0 Å². The first kappa shape index (κ1) is 14.1. The van der Waals surface area contributed by atoms with E-state index in [-0.39, 0.29) is 0 Å². The van der Waals surface area contributed by atoms with E-state index in [0.29, 0.717) is 24.1 Å². The van der Waals surface area contributed by atoms with Crippen molar-refractivity contribution in [3.63, 3.8) is 0 Å². The van der Waals surface area contributed by atoms with E-state index in [9.17, 15) is 9.90 Å². The van der Waals surface area contributed by atoms with Crippen LogP contribution in [0.4, 0.5) is 0 Å². The number of rotatable bonds is 4. The van der Waals surface area contributed by atoms with Crippen molar-refractivity contribution < 1.29 is 14.3 Å². The molecule has 0 amide bonds. The molecule has 1 aromatic heterocycles. The number of aliphatic carboxylic acids is 1. The summed E-state index contributed by atoms with van der Waals surface area (Å²) in [5.74, 6) is 0.0434. The van der Waals surface area contributed by atoms with E-state index in [0.717, 1.165) is 23.2 Å². The Bertz CT molecular complexity index is 441. The zero-order valence-electron chi connectivity index (χ0n) is 10.1. The maximum absolute atomic E-state index is 11.5. The second-order valence-corrected chi connectivity index (χ2v) is 6.12. The van der Waals surface area contributed by atoms with E-state index < -0.39 is 11.5 Å². The molecule has 1 aromatic rings. The SMILES string of the molecule is CCC1(C(=O)O)CCCN1Cc1cc(Br)c(Br)o1. The average molecular weight is 381 g/mol. The lowest BCUT2D eigenvalue weighted by atomic mass is 9.93. The van der Waals surface area contributed by atoms with Crippen LogP contribution in [-0.2, 0) is 11.3 Å². The molecule has 1 saturated heterocycles. The molecule has 1 aliphatic heterocycles. The second kappa shape index (κ2) is 5.35. The zero-order chi connectivity index (χ0) is 13.3. The summed E-state index contributed by atoms with van der Waals surface area (Å²) >= 11 is 6.66. The van der Waals surface area contributed by atoms with Gasteiger partial charge in [0, 0.05) is 0 Å². The first-order valence-electron chi connectivity index (χ1n) is 5.92. The van der Waals surface area contributed by atoms with Crippen LogP contribution in [-0.4, -0.2) is 28.1 Å². The van der Waals surface area contributed by atoms with Crippen molar-refractivity contribution in [2.75, 3.05) is 6.54 Å². The second-order valence-electron chi connectivity index (χ2n) is 4.55. The van der Waals surface area contributed by atoms with Gasteiger partial charge in [-0.2, -0.15) is 0 Å². The smallest absolute Gasteiger partial charge is 0.324 e. The number of furan rings is 1. The fraction of sp³-hybridized carbons (Fsp3) is 0.583. The third-order valence-electron chi connectivity index (χ3n) is 3.65. The Labute approximate surface area is 123 Å². The number of likely N-dealkylation sites (tertiary alicyclic amines) is 1. The monoisotopic (exact) mass is 379 g/mol. The van der Waals surface area contributed by atoms with Gasteiger partial charge in [-0.05, 0) is 63.7 Å². The minimum atomic E-state index is -0.730. The highest BCUT2D eigenvalue weighted by atomic mass is 79.9. The van der Waals surface area contributed by atoms with Crippen LogP contribution in [0, 0.1) is 0 Å². The van der Waals surface area contributed by atoms with Crippen molar-refractivity contribution in [2.45, 2.75) is 38.3 Å². The molecule has 2 rings (SSSR count). The number of hydrogen-bond donors (Lipinski definition) is 1. The quantitative estimate of drug-likeness (QED) is 0.866. The number of carboxylic acids is 1. The third-order valence-corrected chi connectivity index (χ3v) is 5.36. The first-order chi connectivity index (χ1) is 8.49. The summed E-state index contributed by atoms with van der Waals surface area (Å²) < 4.78 is 7.03. The molecule has 1 unspecified atom stereocenters. The van der Waals surface area contributed by atoms with E-state index in [2.05, 4.69) is 31.9 Å². The lowest BCUT2D eigenvalue weighted by Crippen LogP contribution is -2.49. The Morgan fingerprint density at radius 1 is 1.61 bits per heavy atom. The molecule has 1 atom stereocenters. The molecule has 0 aliphatic carbocycles. The van der Waals surface area contributed by atoms with Crippen molar-refractivity contribution in [3.05, 3.63) is 21.0 Å². The summed E-state index contributed by atoms with van der Waals surface area (Å²) in [5, 5.41) is 9.48. The van der Waals surface area contributed by atoms with Gasteiger partial charge in [0.25, 0.3) is 0 Å². The van der Waals surface area contributed by atoms with Crippen LogP contribution >= 0.6 is 31.9 Å². The summed E-state index contributed by atoms with van der Waals surface area (Å²) in [6.45, 7) is 3.26. The minimum absolute atomic E-state index is 0.532. The molecule has 100 valence electrons. The Hall–Kier alpha value is -0.330. The van der Waals surface area contributed by atoms with Crippen molar-refractivity contribution >= 4 is 37.8 Å². The Morgan fingerprint density at radius 3 is 2.83 bits per heavy atom. The number of carboxylic acid groups (broad SMARTS) is 1. The average Bonchev–Trinajstić information content (AvgIpc) is 2.85. The van der Waals surface area contributed by atoms with Crippen LogP contribution in [0.1, 0.15) is 31.9 Å². The lowest BCUT2D eigenvalue weighted by molar-refractivity contribution is -0.150. The Morgan fingerprint density at radius 2 is 2.33 bits per heavy atom. The molecule has 0 bridgehead atoms. The normalized spacial score (nSPS) is 24.6. The zero-order valence-corrected chi connectivity index (χ0v) is 13.3. The van der Waals surface area contributed by atoms with Crippen LogP contribution in [0.15, 0.2) is 19.6 Å². The van der Waals surface area contributed by atoms with Gasteiger partial charge in [0.2, 0.25) is 0 Å². The van der Waals surface area contributed by atoms with Gasteiger partial charge >= 0.3 is 5.97 Å².